The highest BCUT2D eigenvalue weighted by Crippen LogP contribution is 2.40. The molecule has 33 heavy (non-hydrogen) atoms. The van der Waals surface area contributed by atoms with Crippen molar-refractivity contribution in [1.82, 2.24) is 15.1 Å². The summed E-state index contributed by atoms with van der Waals surface area (Å²) in [4.78, 5) is 24.5. The topological polar surface area (TPSA) is 81.2 Å². The minimum atomic E-state index is -0.185. The van der Waals surface area contributed by atoms with Gasteiger partial charge in [-0.3, -0.25) is 9.78 Å². The standard InChI is InChI=1S/C27H32N4O2/c1-7-23-21-14-27(4,5)11-10-20(21)22(15-29-23)26-30-25(31-33-26)18-12-16(2)19(17(3)13-18)8-9-24(32)28-6/h12-13,15H,6-11,14H2,1-5H3. The molecule has 1 amide bonds. The van der Waals surface area contributed by atoms with E-state index in [1.165, 1.54) is 16.8 Å². The normalized spacial score (nSPS) is 14.7. The molecule has 2 heterocycles. The third kappa shape index (κ3) is 4.65. The van der Waals surface area contributed by atoms with Gasteiger partial charge in [-0.1, -0.05) is 25.9 Å². The number of fused-ring (bicyclic) bond motifs is 1. The highest BCUT2D eigenvalue weighted by atomic mass is 16.5. The molecule has 6 nitrogen and oxygen atoms in total. The van der Waals surface area contributed by atoms with Gasteiger partial charge in [0, 0.05) is 23.9 Å². The Morgan fingerprint density at radius 2 is 1.94 bits per heavy atom. The van der Waals surface area contributed by atoms with Gasteiger partial charge in [0.15, 0.2) is 0 Å². The molecule has 2 aromatic heterocycles. The van der Waals surface area contributed by atoms with E-state index in [0.717, 1.165) is 53.5 Å². The number of aromatic nitrogens is 3. The molecule has 6 heteroatoms. The van der Waals surface area contributed by atoms with Gasteiger partial charge < -0.3 is 4.52 Å². The molecule has 0 spiro atoms. The molecule has 0 unspecified atom stereocenters. The van der Waals surface area contributed by atoms with Crippen LogP contribution in [-0.2, 0) is 30.5 Å². The predicted molar refractivity (Wildman–Crippen MR) is 130 cm³/mol. The average Bonchev–Trinajstić information content (AvgIpc) is 3.26. The quantitative estimate of drug-likeness (QED) is 0.459. The van der Waals surface area contributed by atoms with Crippen molar-refractivity contribution < 1.29 is 9.32 Å². The van der Waals surface area contributed by atoms with Crippen LogP contribution in [0.2, 0.25) is 0 Å². The van der Waals surface area contributed by atoms with E-state index >= 15 is 0 Å². The van der Waals surface area contributed by atoms with E-state index in [1.807, 2.05) is 20.0 Å². The summed E-state index contributed by atoms with van der Waals surface area (Å²) < 4.78 is 5.74. The predicted octanol–water partition coefficient (Wildman–Crippen LogP) is 5.65. The van der Waals surface area contributed by atoms with Crippen molar-refractivity contribution in [3.63, 3.8) is 0 Å². The first-order chi connectivity index (χ1) is 15.7. The Labute approximate surface area is 195 Å². The van der Waals surface area contributed by atoms with Crippen LogP contribution < -0.4 is 0 Å². The Morgan fingerprint density at radius 3 is 2.61 bits per heavy atom. The third-order valence-corrected chi connectivity index (χ3v) is 6.81. The SMILES string of the molecule is C=NC(=O)CCc1c(C)cc(-c2noc(-c3cnc(CC)c4c3CCC(C)(C)C4)n2)cc1C. The van der Waals surface area contributed by atoms with E-state index in [0.29, 0.717) is 24.6 Å². The maximum absolute atomic E-state index is 11.5. The van der Waals surface area contributed by atoms with Gasteiger partial charge in [-0.05, 0) is 98.0 Å². The molecule has 1 aromatic carbocycles. The summed E-state index contributed by atoms with van der Waals surface area (Å²) >= 11 is 0. The minimum absolute atomic E-state index is 0.185. The number of amides is 1. The van der Waals surface area contributed by atoms with Crippen LogP contribution in [0.4, 0.5) is 0 Å². The molecule has 3 aromatic rings. The maximum atomic E-state index is 11.5. The van der Waals surface area contributed by atoms with E-state index in [2.05, 4.69) is 49.8 Å². The Hall–Kier alpha value is -3.15. The summed E-state index contributed by atoms with van der Waals surface area (Å²) in [6.07, 6.45) is 6.98. The molecule has 172 valence electrons. The molecular formula is C27H32N4O2. The largest absolute Gasteiger partial charge is 0.334 e. The number of benzene rings is 1. The summed E-state index contributed by atoms with van der Waals surface area (Å²) in [6.45, 7) is 14.2. The first-order valence-electron chi connectivity index (χ1n) is 11.7. The van der Waals surface area contributed by atoms with Crippen molar-refractivity contribution in [3.05, 3.63) is 51.8 Å². The third-order valence-electron chi connectivity index (χ3n) is 6.81. The fourth-order valence-electron chi connectivity index (χ4n) is 4.93. The second-order valence-corrected chi connectivity index (χ2v) is 9.83. The van der Waals surface area contributed by atoms with E-state index in [9.17, 15) is 4.79 Å². The smallest absolute Gasteiger partial charge is 0.260 e. The first-order valence-corrected chi connectivity index (χ1v) is 11.7. The summed E-state index contributed by atoms with van der Waals surface area (Å²) in [5.41, 5.74) is 9.32. The van der Waals surface area contributed by atoms with Crippen LogP contribution in [0.5, 0.6) is 0 Å². The number of hydrogen-bond donors (Lipinski definition) is 0. The number of pyridine rings is 1. The number of rotatable bonds is 6. The molecule has 1 aliphatic rings. The molecule has 0 N–H and O–H groups in total. The van der Waals surface area contributed by atoms with Crippen LogP contribution in [0, 0.1) is 19.3 Å². The molecular weight excluding hydrogens is 412 g/mol. The molecule has 0 fully saturated rings. The van der Waals surface area contributed by atoms with E-state index in [4.69, 9.17) is 14.5 Å². The lowest BCUT2D eigenvalue weighted by atomic mass is 9.73. The number of aliphatic imine (C=N–C) groups is 1. The van der Waals surface area contributed by atoms with Gasteiger partial charge in [-0.25, -0.2) is 4.99 Å². The van der Waals surface area contributed by atoms with Gasteiger partial charge in [0.2, 0.25) is 11.7 Å². The minimum Gasteiger partial charge on any atom is -0.334 e. The monoisotopic (exact) mass is 444 g/mol. The molecule has 0 saturated heterocycles. The fourth-order valence-corrected chi connectivity index (χ4v) is 4.93. The van der Waals surface area contributed by atoms with Gasteiger partial charge in [-0.2, -0.15) is 4.98 Å². The lowest BCUT2D eigenvalue weighted by molar-refractivity contribution is -0.117. The summed E-state index contributed by atoms with van der Waals surface area (Å²) in [6, 6.07) is 4.11. The molecule has 0 atom stereocenters. The zero-order valence-electron chi connectivity index (χ0n) is 20.3. The van der Waals surface area contributed by atoms with Crippen LogP contribution in [0.3, 0.4) is 0 Å². The first kappa shape index (κ1) is 23.0. The van der Waals surface area contributed by atoms with Crippen LogP contribution in [0.25, 0.3) is 22.8 Å². The molecule has 0 bridgehead atoms. The van der Waals surface area contributed by atoms with Gasteiger partial charge in [-0.15, -0.1) is 0 Å². The van der Waals surface area contributed by atoms with Crippen molar-refractivity contribution in [2.24, 2.45) is 10.4 Å². The van der Waals surface area contributed by atoms with Crippen molar-refractivity contribution >= 4 is 12.6 Å². The van der Waals surface area contributed by atoms with E-state index in [-0.39, 0.29) is 11.3 Å². The van der Waals surface area contributed by atoms with Crippen LogP contribution in [0.15, 0.2) is 27.8 Å². The number of nitrogens with zero attached hydrogens (tertiary/aromatic N) is 4. The lowest BCUT2D eigenvalue weighted by Crippen LogP contribution is -2.24. The molecule has 0 aliphatic heterocycles. The maximum Gasteiger partial charge on any atom is 0.260 e. The highest BCUT2D eigenvalue weighted by Gasteiger charge is 2.30. The number of carbonyl (C=O) groups is 1. The van der Waals surface area contributed by atoms with Crippen molar-refractivity contribution in [3.8, 4) is 22.8 Å². The summed E-state index contributed by atoms with van der Waals surface area (Å²) in [5, 5.41) is 4.29. The lowest BCUT2D eigenvalue weighted by Gasteiger charge is -2.33. The van der Waals surface area contributed by atoms with E-state index < -0.39 is 0 Å². The average molecular weight is 445 g/mol. The van der Waals surface area contributed by atoms with Crippen LogP contribution >= 0.6 is 0 Å². The Morgan fingerprint density at radius 1 is 1.21 bits per heavy atom. The molecule has 0 saturated carbocycles. The van der Waals surface area contributed by atoms with Crippen LogP contribution in [-0.4, -0.2) is 27.7 Å². The summed E-state index contributed by atoms with van der Waals surface area (Å²) in [7, 11) is 0. The van der Waals surface area contributed by atoms with Gasteiger partial charge in [0.1, 0.15) is 0 Å². The van der Waals surface area contributed by atoms with Crippen LogP contribution in [0.1, 0.15) is 67.1 Å². The zero-order chi connectivity index (χ0) is 23.8. The van der Waals surface area contributed by atoms with Gasteiger partial charge in [0.05, 0.1) is 5.56 Å². The second-order valence-electron chi connectivity index (χ2n) is 9.83. The Kier molecular flexibility index (Phi) is 6.28. The summed E-state index contributed by atoms with van der Waals surface area (Å²) in [5.74, 6) is 0.907. The van der Waals surface area contributed by atoms with Gasteiger partial charge >= 0.3 is 0 Å². The molecule has 0 radical (unpaired) electrons. The second kappa shape index (κ2) is 9.00. The van der Waals surface area contributed by atoms with Crippen molar-refractivity contribution in [2.75, 3.05) is 0 Å². The fraction of sp³-hybridized carbons (Fsp3) is 0.444. The van der Waals surface area contributed by atoms with Gasteiger partial charge in [0.25, 0.3) is 5.89 Å². The molecule has 1 aliphatic carbocycles. The Bertz CT molecular complexity index is 1200. The van der Waals surface area contributed by atoms with Crippen molar-refractivity contribution in [2.45, 2.75) is 73.1 Å². The number of carbonyl (C=O) groups excluding carboxylic acids is 1. The molecule has 4 rings (SSSR count). The highest BCUT2D eigenvalue weighted by molar-refractivity contribution is 5.80. The van der Waals surface area contributed by atoms with E-state index in [1.54, 1.807) is 0 Å². The number of aryl methyl sites for hydroxylation is 3. The Balaban J connectivity index is 1.67. The zero-order valence-corrected chi connectivity index (χ0v) is 20.3. The van der Waals surface area contributed by atoms with Crippen molar-refractivity contribution in [1.29, 1.82) is 0 Å². The number of hydrogen-bond acceptors (Lipinski definition) is 5.